The van der Waals surface area contributed by atoms with E-state index >= 15 is 0 Å². The van der Waals surface area contributed by atoms with E-state index in [2.05, 4.69) is 15.8 Å². The summed E-state index contributed by atoms with van der Waals surface area (Å²) >= 11 is 0. The first-order chi connectivity index (χ1) is 13.1. The predicted octanol–water partition coefficient (Wildman–Crippen LogP) is 1.85. The summed E-state index contributed by atoms with van der Waals surface area (Å²) in [6.45, 7) is 0. The molecule has 0 fully saturated rings. The van der Waals surface area contributed by atoms with Gasteiger partial charge in [0.15, 0.2) is 0 Å². The largest absolute Gasteiger partial charge is 0.331 e. The van der Waals surface area contributed by atoms with Gasteiger partial charge in [-0.15, -0.1) is 0 Å². The molecule has 134 valence electrons. The number of nitriles is 1. The third-order valence-electron chi connectivity index (χ3n) is 3.99. The average Bonchev–Trinajstić information content (AvgIpc) is 3.01. The number of aromatic nitrogens is 2. The lowest BCUT2D eigenvalue weighted by molar-refractivity contribution is -0.126. The molecular weight excluding hydrogens is 342 g/mol. The molecule has 7 heteroatoms. The fourth-order valence-corrected chi connectivity index (χ4v) is 2.55. The van der Waals surface area contributed by atoms with Crippen LogP contribution in [-0.2, 0) is 23.1 Å². The maximum Gasteiger partial charge on any atom is 0.262 e. The summed E-state index contributed by atoms with van der Waals surface area (Å²) in [7, 11) is 1.84. The molecule has 0 saturated carbocycles. The molecule has 0 spiro atoms. The molecule has 7 nitrogen and oxygen atoms in total. The van der Waals surface area contributed by atoms with Gasteiger partial charge in [0, 0.05) is 13.1 Å². The van der Waals surface area contributed by atoms with E-state index in [9.17, 15) is 9.59 Å². The molecule has 2 amide bonds. The Labute approximate surface area is 155 Å². The minimum absolute atomic E-state index is 0.0464. The molecular formula is C20H17N5O2. The lowest BCUT2D eigenvalue weighted by Crippen LogP contribution is -2.41. The molecule has 2 aromatic carbocycles. The van der Waals surface area contributed by atoms with Crippen LogP contribution >= 0.6 is 0 Å². The highest BCUT2D eigenvalue weighted by Crippen LogP contribution is 2.14. The van der Waals surface area contributed by atoms with Crippen LogP contribution in [0.1, 0.15) is 17.0 Å². The van der Waals surface area contributed by atoms with Gasteiger partial charge in [0.2, 0.25) is 5.91 Å². The molecule has 0 atom stereocenters. The van der Waals surface area contributed by atoms with Crippen molar-refractivity contribution < 1.29 is 9.59 Å². The second-order valence-electron chi connectivity index (χ2n) is 5.86. The van der Waals surface area contributed by atoms with Gasteiger partial charge in [-0.2, -0.15) is 5.26 Å². The first kappa shape index (κ1) is 17.9. The van der Waals surface area contributed by atoms with Crippen LogP contribution in [0.4, 0.5) is 0 Å². The number of carbonyl (C=O) groups excluding carboxylic acids is 2. The maximum absolute atomic E-state index is 12.1. The third-order valence-corrected chi connectivity index (χ3v) is 3.99. The van der Waals surface area contributed by atoms with Crippen molar-refractivity contribution in [2.75, 3.05) is 0 Å². The zero-order chi connectivity index (χ0) is 19.2. The van der Waals surface area contributed by atoms with Gasteiger partial charge in [-0.3, -0.25) is 20.4 Å². The number of imidazole rings is 1. The molecule has 2 N–H and O–H groups in total. The molecule has 0 bridgehead atoms. The van der Waals surface area contributed by atoms with E-state index in [1.54, 1.807) is 30.3 Å². The first-order valence-electron chi connectivity index (χ1n) is 8.24. The number of benzene rings is 2. The van der Waals surface area contributed by atoms with E-state index in [0.717, 1.165) is 16.6 Å². The van der Waals surface area contributed by atoms with Crippen LogP contribution in [0.5, 0.6) is 0 Å². The molecule has 1 aromatic heterocycles. The highest BCUT2D eigenvalue weighted by Gasteiger charge is 2.11. The van der Waals surface area contributed by atoms with Crippen molar-refractivity contribution in [2.45, 2.75) is 6.42 Å². The van der Waals surface area contributed by atoms with Crippen molar-refractivity contribution in [3.05, 3.63) is 71.6 Å². The van der Waals surface area contributed by atoms with Gasteiger partial charge in [0.1, 0.15) is 5.82 Å². The number of amides is 2. The number of aryl methyl sites for hydroxylation is 1. The molecule has 3 rings (SSSR count). The SMILES string of the molecule is Cn1c(CC(=O)NNC(=O)/C=C/c2ccc(C#N)cc2)nc2ccccc21. The number of hydrazine groups is 1. The Bertz CT molecular complexity index is 1060. The van der Waals surface area contributed by atoms with E-state index in [4.69, 9.17) is 5.26 Å². The molecule has 0 unspecified atom stereocenters. The summed E-state index contributed by atoms with van der Waals surface area (Å²) < 4.78 is 1.85. The zero-order valence-corrected chi connectivity index (χ0v) is 14.6. The Hall–Kier alpha value is -3.92. The minimum Gasteiger partial charge on any atom is -0.331 e. The van der Waals surface area contributed by atoms with Gasteiger partial charge in [0.05, 0.1) is 29.1 Å². The van der Waals surface area contributed by atoms with Crippen LogP contribution in [-0.4, -0.2) is 21.4 Å². The average molecular weight is 359 g/mol. The fourth-order valence-electron chi connectivity index (χ4n) is 2.55. The summed E-state index contributed by atoms with van der Waals surface area (Å²) in [5.41, 5.74) is 7.78. The Balaban J connectivity index is 1.53. The van der Waals surface area contributed by atoms with Gasteiger partial charge < -0.3 is 4.57 Å². The van der Waals surface area contributed by atoms with Crippen molar-refractivity contribution >= 4 is 28.9 Å². The maximum atomic E-state index is 12.1. The Morgan fingerprint density at radius 2 is 1.89 bits per heavy atom. The number of nitrogens with one attached hydrogen (secondary N) is 2. The predicted molar refractivity (Wildman–Crippen MR) is 101 cm³/mol. The second-order valence-corrected chi connectivity index (χ2v) is 5.86. The third kappa shape index (κ3) is 4.38. The van der Waals surface area contributed by atoms with E-state index < -0.39 is 5.91 Å². The Kier molecular flexibility index (Phi) is 5.28. The molecule has 27 heavy (non-hydrogen) atoms. The summed E-state index contributed by atoms with van der Waals surface area (Å²) in [5, 5.41) is 8.75. The van der Waals surface area contributed by atoms with Crippen molar-refractivity contribution in [2.24, 2.45) is 7.05 Å². The number of fused-ring (bicyclic) bond motifs is 1. The standard InChI is InChI=1S/C20H17N5O2/c1-25-17-5-3-2-4-16(17)22-18(25)12-20(27)24-23-19(26)11-10-14-6-8-15(13-21)9-7-14/h2-11H,12H2,1H3,(H,23,26)(H,24,27)/b11-10+. The first-order valence-corrected chi connectivity index (χ1v) is 8.24. The van der Waals surface area contributed by atoms with Crippen molar-refractivity contribution in [1.82, 2.24) is 20.4 Å². The molecule has 0 saturated heterocycles. The van der Waals surface area contributed by atoms with Crippen LogP contribution in [0.3, 0.4) is 0 Å². The van der Waals surface area contributed by atoms with Gasteiger partial charge >= 0.3 is 0 Å². The van der Waals surface area contributed by atoms with Crippen LogP contribution in [0.2, 0.25) is 0 Å². The quantitative estimate of drug-likeness (QED) is 0.548. The molecule has 0 aliphatic rings. The van der Waals surface area contributed by atoms with Crippen molar-refractivity contribution in [1.29, 1.82) is 5.26 Å². The van der Waals surface area contributed by atoms with E-state index in [-0.39, 0.29) is 12.3 Å². The second kappa shape index (κ2) is 7.97. The van der Waals surface area contributed by atoms with Gasteiger partial charge in [0.25, 0.3) is 5.91 Å². The smallest absolute Gasteiger partial charge is 0.262 e. The summed E-state index contributed by atoms with van der Waals surface area (Å²) in [4.78, 5) is 28.3. The summed E-state index contributed by atoms with van der Waals surface area (Å²) in [6.07, 6.45) is 2.94. The fraction of sp³-hybridized carbons (Fsp3) is 0.100. The molecule has 3 aromatic rings. The number of rotatable bonds is 4. The van der Waals surface area contributed by atoms with Crippen molar-refractivity contribution in [3.8, 4) is 6.07 Å². The normalized spacial score (nSPS) is 10.7. The molecule has 0 aliphatic carbocycles. The Morgan fingerprint density at radius 1 is 1.15 bits per heavy atom. The van der Waals surface area contributed by atoms with E-state index in [1.807, 2.05) is 41.9 Å². The van der Waals surface area contributed by atoms with Gasteiger partial charge in [-0.05, 0) is 35.9 Å². The highest BCUT2D eigenvalue weighted by atomic mass is 16.2. The summed E-state index contributed by atoms with van der Waals surface area (Å²) in [5.74, 6) is -0.220. The Morgan fingerprint density at radius 3 is 2.59 bits per heavy atom. The minimum atomic E-state index is -0.460. The van der Waals surface area contributed by atoms with Crippen LogP contribution in [0, 0.1) is 11.3 Å². The van der Waals surface area contributed by atoms with Crippen LogP contribution in [0.15, 0.2) is 54.6 Å². The molecule has 0 aliphatic heterocycles. The van der Waals surface area contributed by atoms with Gasteiger partial charge in [-0.1, -0.05) is 24.3 Å². The number of carbonyl (C=O) groups is 2. The molecule has 1 heterocycles. The van der Waals surface area contributed by atoms with E-state index in [1.165, 1.54) is 6.08 Å². The van der Waals surface area contributed by atoms with Gasteiger partial charge in [-0.25, -0.2) is 4.98 Å². The highest BCUT2D eigenvalue weighted by molar-refractivity contribution is 5.93. The molecule has 0 radical (unpaired) electrons. The number of nitrogens with zero attached hydrogens (tertiary/aromatic N) is 3. The number of para-hydroxylation sites is 2. The summed E-state index contributed by atoms with van der Waals surface area (Å²) in [6, 6.07) is 16.4. The van der Waals surface area contributed by atoms with Crippen LogP contribution < -0.4 is 10.9 Å². The number of hydrogen-bond acceptors (Lipinski definition) is 4. The lowest BCUT2D eigenvalue weighted by Gasteiger charge is -2.05. The zero-order valence-electron chi connectivity index (χ0n) is 14.6. The topological polar surface area (TPSA) is 99.8 Å². The monoisotopic (exact) mass is 359 g/mol. The lowest BCUT2D eigenvalue weighted by atomic mass is 10.1. The number of hydrogen-bond donors (Lipinski definition) is 2. The van der Waals surface area contributed by atoms with Crippen LogP contribution in [0.25, 0.3) is 17.1 Å². The van der Waals surface area contributed by atoms with Crippen molar-refractivity contribution in [3.63, 3.8) is 0 Å². The van der Waals surface area contributed by atoms with E-state index in [0.29, 0.717) is 11.4 Å².